The molecule has 0 atom stereocenters. The van der Waals surface area contributed by atoms with Gasteiger partial charge in [-0.2, -0.15) is 0 Å². The lowest BCUT2D eigenvalue weighted by atomic mass is 10.1. The van der Waals surface area contributed by atoms with E-state index in [2.05, 4.69) is 0 Å². The fourth-order valence-corrected chi connectivity index (χ4v) is 1.76. The number of thiophene rings is 1. The molecule has 1 nitrogen and oxygen atoms in total. The summed E-state index contributed by atoms with van der Waals surface area (Å²) >= 11 is 7.15. The minimum atomic E-state index is 0.254. The lowest BCUT2D eigenvalue weighted by Crippen LogP contribution is -2.04. The van der Waals surface area contributed by atoms with E-state index in [0.717, 1.165) is 9.90 Å². The molecule has 66 valence electrons. The zero-order valence-corrected chi connectivity index (χ0v) is 7.96. The van der Waals surface area contributed by atoms with Crippen LogP contribution in [0.3, 0.4) is 0 Å². The molecule has 0 aliphatic carbocycles. The van der Waals surface area contributed by atoms with Crippen molar-refractivity contribution in [3.63, 3.8) is 0 Å². The molecular weight excluding hydrogens is 197 g/mol. The monoisotopic (exact) mass is 205 g/mol. The number of hydrogen-bond acceptors (Lipinski definition) is 2. The van der Waals surface area contributed by atoms with Gasteiger partial charge in [0.2, 0.25) is 0 Å². The van der Waals surface area contributed by atoms with Gasteiger partial charge in [0.05, 0.1) is 10.7 Å². The quantitative estimate of drug-likeness (QED) is 0.807. The summed E-state index contributed by atoms with van der Waals surface area (Å²) in [7, 11) is 0. The minimum absolute atomic E-state index is 0.254. The summed E-state index contributed by atoms with van der Waals surface area (Å²) < 4.78 is 12.8. The van der Waals surface area contributed by atoms with E-state index >= 15 is 0 Å². The first kappa shape index (κ1) is 9.71. The van der Waals surface area contributed by atoms with Crippen LogP contribution in [0.2, 0.25) is 4.34 Å². The van der Waals surface area contributed by atoms with Crippen LogP contribution in [0.25, 0.3) is 0 Å². The molecule has 12 heavy (non-hydrogen) atoms. The van der Waals surface area contributed by atoms with Crippen molar-refractivity contribution in [2.45, 2.75) is 6.42 Å². The second kappa shape index (κ2) is 4.60. The molecular formula is C8H9ClFNS. The highest BCUT2D eigenvalue weighted by molar-refractivity contribution is 7.14. The summed E-state index contributed by atoms with van der Waals surface area (Å²) in [5.41, 5.74) is 6.90. The predicted molar refractivity (Wildman–Crippen MR) is 51.3 cm³/mol. The molecule has 1 rings (SSSR count). The van der Waals surface area contributed by atoms with E-state index in [1.165, 1.54) is 11.3 Å². The van der Waals surface area contributed by atoms with Gasteiger partial charge in [0.25, 0.3) is 0 Å². The van der Waals surface area contributed by atoms with Crippen molar-refractivity contribution >= 4 is 22.9 Å². The van der Waals surface area contributed by atoms with Crippen molar-refractivity contribution in [2.75, 3.05) is 6.54 Å². The predicted octanol–water partition coefficient (Wildman–Crippen LogP) is 2.76. The molecule has 0 unspecified atom stereocenters. The van der Waals surface area contributed by atoms with Crippen LogP contribution in [-0.4, -0.2) is 6.54 Å². The van der Waals surface area contributed by atoms with E-state index in [0.29, 0.717) is 18.3 Å². The Labute approximate surface area is 79.7 Å². The lowest BCUT2D eigenvalue weighted by Gasteiger charge is -1.98. The van der Waals surface area contributed by atoms with E-state index in [9.17, 15) is 4.39 Å². The van der Waals surface area contributed by atoms with Gasteiger partial charge in [0.1, 0.15) is 0 Å². The normalized spacial score (nSPS) is 12.1. The van der Waals surface area contributed by atoms with Crippen LogP contribution in [0.4, 0.5) is 4.39 Å². The van der Waals surface area contributed by atoms with Gasteiger partial charge >= 0.3 is 0 Å². The molecule has 0 amide bonds. The third-order valence-corrected chi connectivity index (χ3v) is 2.61. The van der Waals surface area contributed by atoms with Crippen molar-refractivity contribution in [2.24, 2.45) is 5.73 Å². The summed E-state index contributed by atoms with van der Waals surface area (Å²) in [5, 5.41) is 1.90. The molecule has 0 aliphatic rings. The van der Waals surface area contributed by atoms with Crippen LogP contribution in [-0.2, 0) is 6.42 Å². The van der Waals surface area contributed by atoms with Crippen LogP contribution in [0, 0.1) is 0 Å². The fourth-order valence-electron chi connectivity index (χ4n) is 0.856. The van der Waals surface area contributed by atoms with Gasteiger partial charge in [-0.05, 0) is 29.0 Å². The number of nitrogens with two attached hydrogens (primary N) is 1. The Morgan fingerprint density at radius 1 is 1.75 bits per heavy atom. The zero-order valence-electron chi connectivity index (χ0n) is 6.39. The largest absolute Gasteiger partial charge is 0.327 e. The van der Waals surface area contributed by atoms with Crippen molar-refractivity contribution in [1.29, 1.82) is 0 Å². The molecule has 0 spiro atoms. The maximum Gasteiger partial charge on any atom is 0.0931 e. The highest BCUT2D eigenvalue weighted by Gasteiger charge is 2.00. The van der Waals surface area contributed by atoms with Crippen molar-refractivity contribution < 1.29 is 4.39 Å². The topological polar surface area (TPSA) is 26.0 Å². The van der Waals surface area contributed by atoms with Gasteiger partial charge in [-0.3, -0.25) is 0 Å². The molecule has 0 radical (unpaired) electrons. The standard InChI is InChI=1S/C8H9ClFNS/c9-8-2-6(5-12-8)1-7(3-10)4-11/h2-3,5H,1,4,11H2. The van der Waals surface area contributed by atoms with Crippen molar-refractivity contribution in [1.82, 2.24) is 0 Å². The van der Waals surface area contributed by atoms with Crippen LogP contribution >= 0.6 is 22.9 Å². The maximum atomic E-state index is 12.1. The number of rotatable bonds is 3. The van der Waals surface area contributed by atoms with Gasteiger partial charge in [0.15, 0.2) is 0 Å². The first-order chi connectivity index (χ1) is 5.76. The van der Waals surface area contributed by atoms with Crippen molar-refractivity contribution in [3.8, 4) is 0 Å². The van der Waals surface area contributed by atoms with Crippen LogP contribution in [0.15, 0.2) is 23.3 Å². The first-order valence-electron chi connectivity index (χ1n) is 3.47. The highest BCUT2D eigenvalue weighted by atomic mass is 35.5. The molecule has 0 bridgehead atoms. The Kier molecular flexibility index (Phi) is 3.72. The highest BCUT2D eigenvalue weighted by Crippen LogP contribution is 2.21. The maximum absolute atomic E-state index is 12.1. The summed E-state index contributed by atoms with van der Waals surface area (Å²) in [4.78, 5) is 0. The molecule has 1 aromatic rings. The van der Waals surface area contributed by atoms with E-state index < -0.39 is 0 Å². The molecule has 0 aliphatic heterocycles. The smallest absolute Gasteiger partial charge is 0.0931 e. The van der Waals surface area contributed by atoms with Crippen molar-refractivity contribution in [3.05, 3.63) is 33.2 Å². The molecule has 2 N–H and O–H groups in total. The van der Waals surface area contributed by atoms with Gasteiger partial charge in [-0.15, -0.1) is 11.3 Å². The lowest BCUT2D eigenvalue weighted by molar-refractivity contribution is 0.700. The SMILES string of the molecule is NCC(=CF)Cc1csc(Cl)c1. The molecule has 1 heterocycles. The minimum Gasteiger partial charge on any atom is -0.327 e. The third kappa shape index (κ3) is 2.59. The average Bonchev–Trinajstić information content (AvgIpc) is 2.47. The Bertz CT molecular complexity index is 282. The van der Waals surface area contributed by atoms with Gasteiger partial charge in [0, 0.05) is 6.54 Å². The van der Waals surface area contributed by atoms with E-state index in [1.807, 2.05) is 11.4 Å². The first-order valence-corrected chi connectivity index (χ1v) is 4.73. The molecule has 1 aromatic heterocycles. The molecule has 0 fully saturated rings. The van der Waals surface area contributed by atoms with Crippen LogP contribution < -0.4 is 5.73 Å². The van der Waals surface area contributed by atoms with E-state index in [-0.39, 0.29) is 6.54 Å². The van der Waals surface area contributed by atoms with Crippen LogP contribution in [0.1, 0.15) is 5.56 Å². The second-order valence-electron chi connectivity index (χ2n) is 2.41. The Hall–Kier alpha value is -0.380. The van der Waals surface area contributed by atoms with E-state index in [4.69, 9.17) is 17.3 Å². The summed E-state index contributed by atoms with van der Waals surface area (Å²) in [6.07, 6.45) is 1.11. The Balaban J connectivity index is 2.63. The Morgan fingerprint density at radius 2 is 2.50 bits per heavy atom. The Morgan fingerprint density at radius 3 is 2.92 bits per heavy atom. The molecule has 0 saturated carbocycles. The zero-order chi connectivity index (χ0) is 8.97. The fraction of sp³-hybridized carbons (Fsp3) is 0.250. The molecule has 4 heteroatoms. The summed E-state index contributed by atoms with van der Waals surface area (Å²) in [6.45, 7) is 0.254. The number of halogens is 2. The molecule has 0 aromatic carbocycles. The van der Waals surface area contributed by atoms with Gasteiger partial charge < -0.3 is 5.73 Å². The molecule has 0 saturated heterocycles. The third-order valence-electron chi connectivity index (χ3n) is 1.47. The van der Waals surface area contributed by atoms with E-state index in [1.54, 1.807) is 0 Å². The second-order valence-corrected chi connectivity index (χ2v) is 3.95. The van der Waals surface area contributed by atoms with Crippen LogP contribution in [0.5, 0.6) is 0 Å². The summed E-state index contributed by atoms with van der Waals surface area (Å²) in [6, 6.07) is 1.82. The van der Waals surface area contributed by atoms with Gasteiger partial charge in [-0.25, -0.2) is 4.39 Å². The average molecular weight is 206 g/mol. The summed E-state index contributed by atoms with van der Waals surface area (Å²) in [5.74, 6) is 0. The van der Waals surface area contributed by atoms with Gasteiger partial charge in [-0.1, -0.05) is 11.6 Å². The number of hydrogen-bond donors (Lipinski definition) is 1.